The average Bonchev–Trinajstić information content (AvgIpc) is 3.13. The number of sulfonamides is 1. The van der Waals surface area contributed by atoms with Crippen LogP contribution in [0.25, 0.3) is 0 Å². The largest absolute Gasteiger partial charge is 0.456 e. The molecule has 0 bridgehead atoms. The fraction of sp³-hybridized carbons (Fsp3) is 0.250. The minimum atomic E-state index is -3.73. The van der Waals surface area contributed by atoms with E-state index in [0.29, 0.717) is 5.56 Å². The standard InChI is InChI=1S/C16H17NO5S2/c1-2-12-5-7-13(8-6-12)14(18)11-22-15(19)10-17-24(20,21)16-4-3-9-23-16/h3-9,17H,2,10-11H2,1H3. The molecule has 0 saturated carbocycles. The van der Waals surface area contributed by atoms with Crippen LogP contribution in [-0.4, -0.2) is 33.3 Å². The van der Waals surface area contributed by atoms with Gasteiger partial charge in [-0.3, -0.25) is 9.59 Å². The van der Waals surface area contributed by atoms with Crippen LogP contribution < -0.4 is 4.72 Å². The number of hydrogen-bond donors (Lipinski definition) is 1. The Morgan fingerprint density at radius 1 is 1.17 bits per heavy atom. The van der Waals surface area contributed by atoms with Crippen molar-refractivity contribution in [2.45, 2.75) is 17.6 Å². The van der Waals surface area contributed by atoms with Crippen LogP contribution in [0.5, 0.6) is 0 Å². The van der Waals surface area contributed by atoms with Gasteiger partial charge in [-0.25, -0.2) is 8.42 Å². The van der Waals surface area contributed by atoms with Gasteiger partial charge in [0.05, 0.1) is 0 Å². The lowest BCUT2D eigenvalue weighted by Crippen LogP contribution is -2.31. The maximum Gasteiger partial charge on any atom is 0.321 e. The number of nitrogens with one attached hydrogen (secondary N) is 1. The summed E-state index contributed by atoms with van der Waals surface area (Å²) < 4.78 is 30.8. The van der Waals surface area contributed by atoms with Crippen LogP contribution in [0.15, 0.2) is 46.0 Å². The van der Waals surface area contributed by atoms with Gasteiger partial charge in [0.15, 0.2) is 12.4 Å². The van der Waals surface area contributed by atoms with Crippen LogP contribution in [0.3, 0.4) is 0 Å². The van der Waals surface area contributed by atoms with Crippen LogP contribution in [0.4, 0.5) is 0 Å². The molecule has 0 aliphatic rings. The summed E-state index contributed by atoms with van der Waals surface area (Å²) in [5, 5.41) is 1.62. The van der Waals surface area contributed by atoms with Crippen molar-refractivity contribution < 1.29 is 22.7 Å². The van der Waals surface area contributed by atoms with Crippen molar-refractivity contribution >= 4 is 33.1 Å². The van der Waals surface area contributed by atoms with Crippen LogP contribution in [0, 0.1) is 0 Å². The molecular weight excluding hydrogens is 350 g/mol. The predicted octanol–water partition coefficient (Wildman–Crippen LogP) is 2.01. The third kappa shape index (κ3) is 4.98. The Hall–Kier alpha value is -2.03. The number of aryl methyl sites for hydroxylation is 1. The minimum Gasteiger partial charge on any atom is -0.456 e. The second kappa shape index (κ2) is 8.18. The molecule has 1 aromatic heterocycles. The number of Topliss-reactive ketones (excluding diaryl/α,β-unsaturated/α-hetero) is 1. The van der Waals surface area contributed by atoms with Gasteiger partial charge in [-0.05, 0) is 23.4 Å². The summed E-state index contributed by atoms with van der Waals surface area (Å²) in [7, 11) is -3.73. The lowest BCUT2D eigenvalue weighted by Gasteiger charge is -2.06. The molecule has 0 spiro atoms. The smallest absolute Gasteiger partial charge is 0.321 e. The summed E-state index contributed by atoms with van der Waals surface area (Å²) in [6.45, 7) is 1.06. The number of thiophene rings is 1. The lowest BCUT2D eigenvalue weighted by molar-refractivity contribution is -0.141. The molecule has 2 aromatic rings. The zero-order valence-corrected chi connectivity index (χ0v) is 14.7. The SMILES string of the molecule is CCc1ccc(C(=O)COC(=O)CNS(=O)(=O)c2cccs2)cc1. The van der Waals surface area contributed by atoms with E-state index in [1.807, 2.05) is 19.1 Å². The van der Waals surface area contributed by atoms with Gasteiger partial charge in [0.25, 0.3) is 10.0 Å². The quantitative estimate of drug-likeness (QED) is 0.569. The molecule has 1 heterocycles. The van der Waals surface area contributed by atoms with Crippen LogP contribution >= 0.6 is 11.3 Å². The van der Waals surface area contributed by atoms with Gasteiger partial charge in [-0.2, -0.15) is 4.72 Å². The predicted molar refractivity (Wildman–Crippen MR) is 90.6 cm³/mol. The fourth-order valence-corrected chi connectivity index (χ4v) is 3.85. The third-order valence-electron chi connectivity index (χ3n) is 3.21. The number of ether oxygens (including phenoxy) is 1. The first kappa shape index (κ1) is 18.3. The fourth-order valence-electron chi connectivity index (χ4n) is 1.85. The van der Waals surface area contributed by atoms with E-state index in [-0.39, 0.29) is 9.99 Å². The van der Waals surface area contributed by atoms with Crippen LogP contribution in [-0.2, 0) is 26.0 Å². The van der Waals surface area contributed by atoms with Gasteiger partial charge in [0.1, 0.15) is 10.8 Å². The highest BCUT2D eigenvalue weighted by Gasteiger charge is 2.17. The summed E-state index contributed by atoms with van der Waals surface area (Å²) in [6, 6.07) is 10.1. The molecule has 2 rings (SSSR count). The number of ketones is 1. The van der Waals surface area contributed by atoms with Crippen LogP contribution in [0.1, 0.15) is 22.8 Å². The number of esters is 1. The van der Waals surface area contributed by atoms with E-state index >= 15 is 0 Å². The summed E-state index contributed by atoms with van der Waals surface area (Å²) in [6.07, 6.45) is 0.869. The average molecular weight is 367 g/mol. The Kier molecular flexibility index (Phi) is 6.24. The van der Waals surface area contributed by atoms with E-state index in [1.165, 1.54) is 6.07 Å². The van der Waals surface area contributed by atoms with Crippen molar-refractivity contribution in [1.29, 1.82) is 0 Å². The van der Waals surface area contributed by atoms with E-state index in [0.717, 1.165) is 23.3 Å². The van der Waals surface area contributed by atoms with Crippen molar-refractivity contribution in [2.75, 3.05) is 13.2 Å². The summed E-state index contributed by atoms with van der Waals surface area (Å²) in [4.78, 5) is 23.5. The molecule has 1 aromatic carbocycles. The monoisotopic (exact) mass is 367 g/mol. The van der Waals surface area contributed by atoms with Gasteiger partial charge in [-0.1, -0.05) is 37.3 Å². The van der Waals surface area contributed by atoms with Gasteiger partial charge < -0.3 is 4.74 Å². The van der Waals surface area contributed by atoms with E-state index < -0.39 is 29.1 Å². The van der Waals surface area contributed by atoms with E-state index in [1.54, 1.807) is 23.6 Å². The number of carbonyl (C=O) groups is 2. The highest BCUT2D eigenvalue weighted by atomic mass is 32.2. The molecule has 0 aliphatic carbocycles. The van der Waals surface area contributed by atoms with Crippen molar-refractivity contribution in [3.05, 3.63) is 52.9 Å². The Balaban J connectivity index is 1.81. The minimum absolute atomic E-state index is 0.113. The van der Waals surface area contributed by atoms with Gasteiger partial charge in [0.2, 0.25) is 0 Å². The molecule has 128 valence electrons. The first-order valence-corrected chi connectivity index (χ1v) is 9.59. The molecule has 0 fully saturated rings. The molecule has 0 atom stereocenters. The van der Waals surface area contributed by atoms with E-state index in [2.05, 4.69) is 4.72 Å². The van der Waals surface area contributed by atoms with Crippen LogP contribution in [0.2, 0.25) is 0 Å². The van der Waals surface area contributed by atoms with Crippen molar-refractivity contribution in [2.24, 2.45) is 0 Å². The zero-order valence-electron chi connectivity index (χ0n) is 13.0. The molecule has 6 nitrogen and oxygen atoms in total. The summed E-state index contributed by atoms with van der Waals surface area (Å²) >= 11 is 1.04. The highest BCUT2D eigenvalue weighted by Crippen LogP contribution is 2.14. The molecular formula is C16H17NO5S2. The van der Waals surface area contributed by atoms with Gasteiger partial charge in [0, 0.05) is 5.56 Å². The first-order valence-electron chi connectivity index (χ1n) is 7.23. The summed E-state index contributed by atoms with van der Waals surface area (Å²) in [5.41, 5.74) is 1.55. The molecule has 0 unspecified atom stereocenters. The van der Waals surface area contributed by atoms with E-state index in [9.17, 15) is 18.0 Å². The number of hydrogen-bond acceptors (Lipinski definition) is 6. The maximum atomic E-state index is 11.9. The third-order valence-corrected chi connectivity index (χ3v) is 6.01. The second-order valence-electron chi connectivity index (χ2n) is 4.89. The number of carbonyl (C=O) groups excluding carboxylic acids is 2. The van der Waals surface area contributed by atoms with E-state index in [4.69, 9.17) is 4.74 Å². The summed E-state index contributed by atoms with van der Waals surface area (Å²) in [5.74, 6) is -1.15. The molecule has 0 radical (unpaired) electrons. The molecule has 1 N–H and O–H groups in total. The Bertz CT molecular complexity index is 796. The molecule has 0 aliphatic heterocycles. The first-order chi connectivity index (χ1) is 11.4. The number of rotatable bonds is 8. The van der Waals surface area contributed by atoms with Crippen molar-refractivity contribution in [3.8, 4) is 0 Å². The van der Waals surface area contributed by atoms with Crippen molar-refractivity contribution in [1.82, 2.24) is 4.72 Å². The second-order valence-corrected chi connectivity index (χ2v) is 7.83. The normalized spacial score (nSPS) is 11.2. The molecule has 8 heteroatoms. The number of benzene rings is 1. The maximum absolute atomic E-state index is 11.9. The van der Waals surface area contributed by atoms with Crippen molar-refractivity contribution in [3.63, 3.8) is 0 Å². The molecule has 24 heavy (non-hydrogen) atoms. The van der Waals surface area contributed by atoms with Gasteiger partial charge in [-0.15, -0.1) is 11.3 Å². The zero-order chi connectivity index (χ0) is 17.6. The lowest BCUT2D eigenvalue weighted by atomic mass is 10.1. The Morgan fingerprint density at radius 2 is 1.88 bits per heavy atom. The Morgan fingerprint density at radius 3 is 2.46 bits per heavy atom. The Labute approximate surface area is 144 Å². The topological polar surface area (TPSA) is 89.5 Å². The molecule has 0 amide bonds. The van der Waals surface area contributed by atoms with Gasteiger partial charge >= 0.3 is 5.97 Å². The molecule has 0 saturated heterocycles. The highest BCUT2D eigenvalue weighted by molar-refractivity contribution is 7.91.